The highest BCUT2D eigenvalue weighted by atomic mass is 16.5. The van der Waals surface area contributed by atoms with Gasteiger partial charge >= 0.3 is 0 Å². The van der Waals surface area contributed by atoms with Crippen LogP contribution in [0.2, 0.25) is 0 Å². The van der Waals surface area contributed by atoms with Crippen molar-refractivity contribution in [1.82, 2.24) is 15.5 Å². The highest BCUT2D eigenvalue weighted by molar-refractivity contribution is 5.76. The summed E-state index contributed by atoms with van der Waals surface area (Å²) in [5.74, 6) is 1.66. The Morgan fingerprint density at radius 2 is 2.10 bits per heavy atom. The average Bonchev–Trinajstić information content (AvgIpc) is 2.79. The van der Waals surface area contributed by atoms with E-state index in [-0.39, 0.29) is 11.9 Å². The quantitative estimate of drug-likeness (QED) is 0.919. The number of hydrogen-bond acceptors (Lipinski definition) is 4. The van der Waals surface area contributed by atoms with Crippen molar-refractivity contribution in [3.8, 4) is 0 Å². The zero-order chi connectivity index (χ0) is 14.8. The third-order valence-corrected chi connectivity index (χ3v) is 4.22. The van der Waals surface area contributed by atoms with Gasteiger partial charge < -0.3 is 9.84 Å². The molecule has 5 nitrogen and oxygen atoms in total. The Labute approximate surface area is 120 Å². The van der Waals surface area contributed by atoms with E-state index in [0.717, 1.165) is 12.8 Å². The SMILES string of the molecule is Cc1noc(C(C)NC(=O)CC2CCC(C)(C)CC2)n1. The normalized spacial score (nSPS) is 20.6. The molecule has 0 saturated heterocycles. The van der Waals surface area contributed by atoms with Crippen LogP contribution in [0.3, 0.4) is 0 Å². The first-order chi connectivity index (χ1) is 9.35. The Balaban J connectivity index is 1.78. The fourth-order valence-corrected chi connectivity index (χ4v) is 2.78. The largest absolute Gasteiger partial charge is 0.345 e. The molecule has 1 saturated carbocycles. The van der Waals surface area contributed by atoms with Crippen LogP contribution in [0.15, 0.2) is 4.52 Å². The zero-order valence-corrected chi connectivity index (χ0v) is 12.9. The molecule has 1 aliphatic carbocycles. The van der Waals surface area contributed by atoms with Gasteiger partial charge in [0, 0.05) is 6.42 Å². The van der Waals surface area contributed by atoms with E-state index in [1.54, 1.807) is 6.92 Å². The lowest BCUT2D eigenvalue weighted by molar-refractivity contribution is -0.123. The van der Waals surface area contributed by atoms with Gasteiger partial charge in [0.2, 0.25) is 11.8 Å². The van der Waals surface area contributed by atoms with Gasteiger partial charge in [0.15, 0.2) is 5.82 Å². The number of nitrogens with one attached hydrogen (secondary N) is 1. The Kier molecular flexibility index (Phi) is 4.45. The topological polar surface area (TPSA) is 68.0 Å². The van der Waals surface area contributed by atoms with E-state index < -0.39 is 0 Å². The summed E-state index contributed by atoms with van der Waals surface area (Å²) in [5.41, 5.74) is 0.446. The molecule has 112 valence electrons. The fraction of sp³-hybridized carbons (Fsp3) is 0.800. The van der Waals surface area contributed by atoms with E-state index in [2.05, 4.69) is 29.3 Å². The molecule has 5 heteroatoms. The van der Waals surface area contributed by atoms with Crippen molar-refractivity contribution >= 4 is 5.91 Å². The molecule has 0 bridgehead atoms. The molecule has 0 spiro atoms. The number of aryl methyl sites for hydroxylation is 1. The minimum Gasteiger partial charge on any atom is -0.345 e. The number of carbonyl (C=O) groups excluding carboxylic acids is 1. The molecule has 0 aromatic carbocycles. The van der Waals surface area contributed by atoms with E-state index in [4.69, 9.17) is 4.52 Å². The summed E-state index contributed by atoms with van der Waals surface area (Å²) >= 11 is 0. The van der Waals surface area contributed by atoms with Gasteiger partial charge in [-0.2, -0.15) is 4.98 Å². The summed E-state index contributed by atoms with van der Waals surface area (Å²) in [6, 6.07) is -0.219. The van der Waals surface area contributed by atoms with Crippen LogP contribution >= 0.6 is 0 Å². The van der Waals surface area contributed by atoms with Crippen LogP contribution in [-0.4, -0.2) is 16.0 Å². The average molecular weight is 279 g/mol. The second-order valence-electron chi connectivity index (χ2n) is 6.78. The molecule has 1 aromatic rings. The summed E-state index contributed by atoms with van der Waals surface area (Å²) in [6.45, 7) is 8.26. The van der Waals surface area contributed by atoms with Gasteiger partial charge in [-0.3, -0.25) is 4.79 Å². The predicted octanol–water partition coefficient (Wildman–Crippen LogP) is 3.16. The Hall–Kier alpha value is -1.39. The monoisotopic (exact) mass is 279 g/mol. The first-order valence-electron chi connectivity index (χ1n) is 7.45. The number of carbonyl (C=O) groups is 1. The predicted molar refractivity (Wildman–Crippen MR) is 75.9 cm³/mol. The highest BCUT2D eigenvalue weighted by Gasteiger charge is 2.28. The number of nitrogens with zero attached hydrogens (tertiary/aromatic N) is 2. The molecule has 1 unspecified atom stereocenters. The van der Waals surface area contributed by atoms with Crippen LogP contribution in [0, 0.1) is 18.3 Å². The molecular weight excluding hydrogens is 254 g/mol. The molecule has 1 heterocycles. The van der Waals surface area contributed by atoms with Crippen LogP contribution in [0.4, 0.5) is 0 Å². The van der Waals surface area contributed by atoms with Gasteiger partial charge in [-0.1, -0.05) is 19.0 Å². The zero-order valence-electron chi connectivity index (χ0n) is 12.9. The summed E-state index contributed by atoms with van der Waals surface area (Å²) in [4.78, 5) is 16.2. The second kappa shape index (κ2) is 5.94. The molecule has 1 aliphatic rings. The van der Waals surface area contributed by atoms with Crippen molar-refractivity contribution in [2.45, 2.75) is 65.8 Å². The van der Waals surface area contributed by atoms with Gasteiger partial charge in [0.25, 0.3) is 0 Å². The first-order valence-corrected chi connectivity index (χ1v) is 7.45. The van der Waals surface area contributed by atoms with Gasteiger partial charge in [-0.15, -0.1) is 0 Å². The Bertz CT molecular complexity index is 457. The Morgan fingerprint density at radius 1 is 1.45 bits per heavy atom. The van der Waals surface area contributed by atoms with Gasteiger partial charge in [0.05, 0.1) is 0 Å². The van der Waals surface area contributed by atoms with Gasteiger partial charge in [-0.05, 0) is 50.9 Å². The van der Waals surface area contributed by atoms with E-state index >= 15 is 0 Å². The minimum absolute atomic E-state index is 0.0815. The number of aromatic nitrogens is 2. The number of hydrogen-bond donors (Lipinski definition) is 1. The summed E-state index contributed by atoms with van der Waals surface area (Å²) in [7, 11) is 0. The first kappa shape index (κ1) is 15.0. The van der Waals surface area contributed by atoms with Gasteiger partial charge in [-0.25, -0.2) is 0 Å². The number of rotatable bonds is 4. The molecule has 1 atom stereocenters. The second-order valence-corrected chi connectivity index (χ2v) is 6.78. The Morgan fingerprint density at radius 3 is 2.65 bits per heavy atom. The summed E-state index contributed by atoms with van der Waals surface area (Å²) in [6.07, 6.45) is 5.32. The standard InChI is InChI=1S/C15H25N3O2/c1-10(14-17-11(2)18-20-14)16-13(19)9-12-5-7-15(3,4)8-6-12/h10,12H,5-9H2,1-4H3,(H,16,19). The molecular formula is C15H25N3O2. The lowest BCUT2D eigenvalue weighted by Gasteiger charge is -2.34. The van der Waals surface area contributed by atoms with Crippen molar-refractivity contribution in [3.05, 3.63) is 11.7 Å². The third kappa shape index (κ3) is 4.05. The highest BCUT2D eigenvalue weighted by Crippen LogP contribution is 2.39. The minimum atomic E-state index is -0.219. The van der Waals surface area contributed by atoms with E-state index in [9.17, 15) is 4.79 Å². The van der Waals surface area contributed by atoms with Crippen LogP contribution in [-0.2, 0) is 4.79 Å². The lowest BCUT2D eigenvalue weighted by atomic mass is 9.72. The molecule has 1 aromatic heterocycles. The molecule has 20 heavy (non-hydrogen) atoms. The number of amides is 1. The van der Waals surface area contributed by atoms with Crippen molar-refractivity contribution in [1.29, 1.82) is 0 Å². The smallest absolute Gasteiger partial charge is 0.248 e. The molecule has 0 aliphatic heterocycles. The lowest BCUT2D eigenvalue weighted by Crippen LogP contribution is -2.30. The summed E-state index contributed by atoms with van der Waals surface area (Å²) in [5, 5.41) is 6.68. The van der Waals surface area contributed by atoms with Gasteiger partial charge in [0.1, 0.15) is 6.04 Å². The van der Waals surface area contributed by atoms with E-state index in [1.165, 1.54) is 12.8 Å². The van der Waals surface area contributed by atoms with Crippen LogP contribution < -0.4 is 5.32 Å². The van der Waals surface area contributed by atoms with Crippen LogP contribution in [0.25, 0.3) is 0 Å². The van der Waals surface area contributed by atoms with Crippen molar-refractivity contribution < 1.29 is 9.32 Å². The molecule has 1 N–H and O–H groups in total. The maximum Gasteiger partial charge on any atom is 0.248 e. The van der Waals surface area contributed by atoms with Crippen LogP contribution in [0.5, 0.6) is 0 Å². The van der Waals surface area contributed by atoms with Crippen LogP contribution in [0.1, 0.15) is 70.6 Å². The van der Waals surface area contributed by atoms with E-state index in [1.807, 2.05) is 6.92 Å². The molecule has 2 rings (SSSR count). The summed E-state index contributed by atoms with van der Waals surface area (Å²) < 4.78 is 5.07. The molecule has 1 amide bonds. The van der Waals surface area contributed by atoms with Crippen molar-refractivity contribution in [3.63, 3.8) is 0 Å². The molecule has 1 fully saturated rings. The maximum atomic E-state index is 12.1. The van der Waals surface area contributed by atoms with Crippen molar-refractivity contribution in [2.24, 2.45) is 11.3 Å². The maximum absolute atomic E-state index is 12.1. The molecule has 0 radical (unpaired) electrons. The van der Waals surface area contributed by atoms with E-state index in [0.29, 0.717) is 29.5 Å². The van der Waals surface area contributed by atoms with Crippen molar-refractivity contribution in [2.75, 3.05) is 0 Å². The fourth-order valence-electron chi connectivity index (χ4n) is 2.78. The third-order valence-electron chi connectivity index (χ3n) is 4.22.